The summed E-state index contributed by atoms with van der Waals surface area (Å²) >= 11 is 0. The number of hydrogen-bond acceptors (Lipinski definition) is 6. The molecule has 1 fully saturated rings. The molecule has 5 N–H and O–H groups in total. The molecule has 134 valence electrons. The van der Waals surface area contributed by atoms with Gasteiger partial charge in [-0.3, -0.25) is 4.79 Å². The number of amides is 1. The van der Waals surface area contributed by atoms with E-state index in [0.717, 1.165) is 36.1 Å². The Kier molecular flexibility index (Phi) is 4.18. The third-order valence-electron chi connectivity index (χ3n) is 4.63. The van der Waals surface area contributed by atoms with Gasteiger partial charge in [-0.25, -0.2) is 4.98 Å². The van der Waals surface area contributed by atoms with Gasteiger partial charge in [-0.05, 0) is 31.2 Å². The van der Waals surface area contributed by atoms with E-state index < -0.39 is 5.91 Å². The van der Waals surface area contributed by atoms with E-state index in [1.54, 1.807) is 0 Å². The molecule has 1 atom stereocenters. The summed E-state index contributed by atoms with van der Waals surface area (Å²) in [4.78, 5) is 20.5. The molecule has 1 aliphatic rings. The van der Waals surface area contributed by atoms with Crippen molar-refractivity contribution in [2.75, 3.05) is 23.7 Å². The van der Waals surface area contributed by atoms with Crippen molar-refractivity contribution in [2.24, 2.45) is 12.8 Å². The Balaban J connectivity index is 1.69. The molecule has 0 saturated carbocycles. The summed E-state index contributed by atoms with van der Waals surface area (Å²) in [6.45, 7) is 1.84. The van der Waals surface area contributed by atoms with Crippen LogP contribution in [0, 0.1) is 0 Å². The first-order chi connectivity index (χ1) is 12.6. The van der Waals surface area contributed by atoms with Gasteiger partial charge in [-0.1, -0.05) is 6.07 Å². The molecule has 0 bridgehead atoms. The zero-order valence-corrected chi connectivity index (χ0v) is 14.5. The number of anilines is 3. The van der Waals surface area contributed by atoms with Crippen molar-refractivity contribution in [3.8, 4) is 0 Å². The first-order valence-corrected chi connectivity index (χ1v) is 8.57. The lowest BCUT2D eigenvalue weighted by atomic mass is 10.2. The van der Waals surface area contributed by atoms with Crippen LogP contribution in [-0.4, -0.2) is 39.6 Å². The van der Waals surface area contributed by atoms with Gasteiger partial charge in [-0.15, -0.1) is 0 Å². The van der Waals surface area contributed by atoms with E-state index in [-0.39, 0.29) is 11.6 Å². The minimum atomic E-state index is -0.568. The predicted octanol–water partition coefficient (Wildman–Crippen LogP) is 1.58. The lowest BCUT2D eigenvalue weighted by molar-refractivity contribution is 0.100. The number of hydrogen-bond donors (Lipinski definition) is 4. The molecule has 3 aromatic rings. The number of benzene rings is 1. The van der Waals surface area contributed by atoms with Crippen molar-refractivity contribution in [3.05, 3.63) is 42.2 Å². The van der Waals surface area contributed by atoms with Gasteiger partial charge in [-0.2, -0.15) is 4.98 Å². The van der Waals surface area contributed by atoms with Crippen LogP contribution < -0.4 is 21.7 Å². The standard InChI is InChI=1S/C18H21N7O/c1-25-8-6-12-14(3-2-4-15(12)25)23-17-13(16(19)26)10-21-18(24-17)22-11-5-7-20-9-11/h2-4,6,8,10-11,20H,5,7,9H2,1H3,(H2,19,26)(H2,21,22,23,24)/t11-/m1/s1. The maximum atomic E-state index is 11.8. The molecule has 8 nitrogen and oxygen atoms in total. The second-order valence-corrected chi connectivity index (χ2v) is 6.44. The fraction of sp³-hybridized carbons (Fsp3) is 0.278. The molecular formula is C18H21N7O. The third kappa shape index (κ3) is 3.06. The molecule has 1 saturated heterocycles. The second-order valence-electron chi connectivity index (χ2n) is 6.44. The number of aromatic nitrogens is 3. The summed E-state index contributed by atoms with van der Waals surface area (Å²) in [7, 11) is 1.99. The van der Waals surface area contributed by atoms with Crippen molar-refractivity contribution >= 4 is 34.3 Å². The van der Waals surface area contributed by atoms with Gasteiger partial charge in [0.15, 0.2) is 0 Å². The molecule has 4 rings (SSSR count). The lowest BCUT2D eigenvalue weighted by Gasteiger charge is -2.14. The van der Waals surface area contributed by atoms with Crippen molar-refractivity contribution in [1.82, 2.24) is 19.9 Å². The predicted molar refractivity (Wildman–Crippen MR) is 102 cm³/mol. The van der Waals surface area contributed by atoms with Crippen molar-refractivity contribution < 1.29 is 4.79 Å². The number of nitrogens with zero attached hydrogens (tertiary/aromatic N) is 3. The molecule has 0 aliphatic carbocycles. The van der Waals surface area contributed by atoms with E-state index in [2.05, 4.69) is 25.9 Å². The summed E-state index contributed by atoms with van der Waals surface area (Å²) in [5.41, 5.74) is 7.71. The lowest BCUT2D eigenvalue weighted by Crippen LogP contribution is -2.24. The van der Waals surface area contributed by atoms with Gasteiger partial charge in [0.1, 0.15) is 11.4 Å². The molecule has 26 heavy (non-hydrogen) atoms. The largest absolute Gasteiger partial charge is 0.365 e. The quantitative estimate of drug-likeness (QED) is 0.556. The van der Waals surface area contributed by atoms with Crippen molar-refractivity contribution in [2.45, 2.75) is 12.5 Å². The summed E-state index contributed by atoms with van der Waals surface area (Å²) in [5, 5.41) is 10.9. The minimum absolute atomic E-state index is 0.257. The minimum Gasteiger partial charge on any atom is -0.365 e. The van der Waals surface area contributed by atoms with Gasteiger partial charge in [0.25, 0.3) is 5.91 Å². The van der Waals surface area contributed by atoms with Crippen LogP contribution in [0.4, 0.5) is 17.5 Å². The van der Waals surface area contributed by atoms with E-state index in [1.807, 2.05) is 42.1 Å². The fourth-order valence-electron chi connectivity index (χ4n) is 3.23. The molecular weight excluding hydrogens is 330 g/mol. The van der Waals surface area contributed by atoms with Gasteiger partial charge in [0.05, 0.1) is 0 Å². The van der Waals surface area contributed by atoms with Gasteiger partial charge in [0, 0.05) is 48.6 Å². The Bertz CT molecular complexity index is 959. The SMILES string of the molecule is Cn1ccc2c(Nc3nc(N[C@@H]4CCNC4)ncc3C(N)=O)cccc21. The Morgan fingerprint density at radius 1 is 1.38 bits per heavy atom. The summed E-state index contributed by atoms with van der Waals surface area (Å²) in [6, 6.07) is 8.24. The van der Waals surface area contributed by atoms with Crippen LogP contribution >= 0.6 is 0 Å². The highest BCUT2D eigenvalue weighted by Gasteiger charge is 2.18. The van der Waals surface area contributed by atoms with Crippen LogP contribution in [0.2, 0.25) is 0 Å². The normalized spacial score (nSPS) is 16.7. The molecule has 1 aliphatic heterocycles. The van der Waals surface area contributed by atoms with Crippen LogP contribution in [0.1, 0.15) is 16.8 Å². The zero-order valence-electron chi connectivity index (χ0n) is 14.5. The van der Waals surface area contributed by atoms with E-state index in [1.165, 1.54) is 6.20 Å². The van der Waals surface area contributed by atoms with Crippen LogP contribution in [-0.2, 0) is 7.05 Å². The number of carbonyl (C=O) groups is 1. The zero-order chi connectivity index (χ0) is 18.1. The van der Waals surface area contributed by atoms with Gasteiger partial charge >= 0.3 is 0 Å². The van der Waals surface area contributed by atoms with Crippen molar-refractivity contribution in [3.63, 3.8) is 0 Å². The Morgan fingerprint density at radius 2 is 2.27 bits per heavy atom. The molecule has 0 radical (unpaired) electrons. The molecule has 1 amide bonds. The Morgan fingerprint density at radius 3 is 3.04 bits per heavy atom. The molecule has 3 heterocycles. The Hall–Kier alpha value is -3.13. The van der Waals surface area contributed by atoms with Gasteiger partial charge < -0.3 is 26.3 Å². The summed E-state index contributed by atoms with van der Waals surface area (Å²) in [6.07, 6.45) is 4.46. The highest BCUT2D eigenvalue weighted by molar-refractivity contribution is 6.00. The number of nitrogens with two attached hydrogens (primary N) is 1. The smallest absolute Gasteiger partial charge is 0.254 e. The topological polar surface area (TPSA) is 110 Å². The van der Waals surface area contributed by atoms with Crippen LogP contribution in [0.25, 0.3) is 10.9 Å². The van der Waals surface area contributed by atoms with E-state index in [0.29, 0.717) is 11.8 Å². The number of fused-ring (bicyclic) bond motifs is 1. The average Bonchev–Trinajstić information content (AvgIpc) is 3.26. The van der Waals surface area contributed by atoms with Crippen LogP contribution in [0.3, 0.4) is 0 Å². The average molecular weight is 351 g/mol. The Labute approximate surface area is 150 Å². The third-order valence-corrected chi connectivity index (χ3v) is 4.63. The van der Waals surface area contributed by atoms with E-state index >= 15 is 0 Å². The second kappa shape index (κ2) is 6.64. The van der Waals surface area contributed by atoms with Crippen LogP contribution in [0.15, 0.2) is 36.7 Å². The highest BCUT2D eigenvalue weighted by atomic mass is 16.1. The molecule has 1 aromatic carbocycles. The molecule has 2 aromatic heterocycles. The maximum Gasteiger partial charge on any atom is 0.254 e. The summed E-state index contributed by atoms with van der Waals surface area (Å²) < 4.78 is 2.04. The first-order valence-electron chi connectivity index (χ1n) is 8.57. The van der Waals surface area contributed by atoms with Gasteiger partial charge in [0.2, 0.25) is 5.95 Å². The number of aryl methyl sites for hydroxylation is 1. The number of rotatable bonds is 5. The highest BCUT2D eigenvalue weighted by Crippen LogP contribution is 2.28. The molecule has 0 unspecified atom stereocenters. The monoisotopic (exact) mass is 351 g/mol. The van der Waals surface area contributed by atoms with Crippen molar-refractivity contribution in [1.29, 1.82) is 0 Å². The summed E-state index contributed by atoms with van der Waals surface area (Å²) in [5.74, 6) is 0.311. The molecule has 8 heteroatoms. The number of nitrogens with one attached hydrogen (secondary N) is 3. The number of primary amides is 1. The van der Waals surface area contributed by atoms with E-state index in [4.69, 9.17) is 5.73 Å². The maximum absolute atomic E-state index is 11.8. The van der Waals surface area contributed by atoms with Crippen LogP contribution in [0.5, 0.6) is 0 Å². The number of carbonyl (C=O) groups excluding carboxylic acids is 1. The first kappa shape index (κ1) is 16.3. The van der Waals surface area contributed by atoms with E-state index in [9.17, 15) is 4.79 Å². The fourth-order valence-corrected chi connectivity index (χ4v) is 3.23. The molecule has 0 spiro atoms.